The van der Waals surface area contributed by atoms with Crippen molar-refractivity contribution in [2.24, 2.45) is 0 Å². The summed E-state index contributed by atoms with van der Waals surface area (Å²) in [4.78, 5) is 5.16. The fourth-order valence-electron chi connectivity index (χ4n) is 7.18. The van der Waals surface area contributed by atoms with Crippen molar-refractivity contribution >= 4 is 49.1 Å². The molecule has 2 heteroatoms. The van der Waals surface area contributed by atoms with Crippen molar-refractivity contribution in [1.82, 2.24) is 9.38 Å². The number of hydrogen-bond donors (Lipinski definition) is 0. The largest absolute Gasteiger partial charge is 0.292 e. The molecule has 0 aliphatic heterocycles. The molecule has 0 amide bonds. The van der Waals surface area contributed by atoms with E-state index < -0.39 is 0 Å². The summed E-state index contributed by atoms with van der Waals surface area (Å²) in [5.41, 5.74) is 12.4. The summed E-state index contributed by atoms with van der Waals surface area (Å²) >= 11 is 0. The van der Waals surface area contributed by atoms with Crippen LogP contribution in [0.2, 0.25) is 0 Å². The Balaban J connectivity index is 1.37. The summed E-state index contributed by atoms with van der Waals surface area (Å²) in [6.07, 6.45) is 0. The van der Waals surface area contributed by atoms with Gasteiger partial charge in [-0.3, -0.25) is 4.40 Å². The first-order chi connectivity index (χ1) is 19.6. The van der Waals surface area contributed by atoms with Crippen molar-refractivity contribution in [3.8, 4) is 22.3 Å². The molecule has 0 saturated heterocycles. The minimum Gasteiger partial charge on any atom is -0.292 e. The SMILES string of the molecule is CC1(C)c2ccccc2-c2ccc(-c3ccc4c(c3)c3ccc5ccccc5c3c3nc5ccccc5n43)cc21. The Labute approximate surface area is 232 Å². The third-order valence-electron chi connectivity index (χ3n) is 9.16. The van der Waals surface area contributed by atoms with Crippen LogP contribution in [-0.2, 0) is 5.41 Å². The average Bonchev–Trinajstić information content (AvgIpc) is 3.50. The van der Waals surface area contributed by atoms with E-state index in [1.165, 1.54) is 65.8 Å². The van der Waals surface area contributed by atoms with Crippen molar-refractivity contribution in [3.05, 3.63) is 132 Å². The first-order valence-electron chi connectivity index (χ1n) is 14.0. The highest BCUT2D eigenvalue weighted by atomic mass is 15.0. The summed E-state index contributed by atoms with van der Waals surface area (Å²) in [5.74, 6) is 0. The number of pyridine rings is 1. The van der Waals surface area contributed by atoms with Crippen molar-refractivity contribution in [3.63, 3.8) is 0 Å². The molecule has 188 valence electrons. The summed E-state index contributed by atoms with van der Waals surface area (Å²) in [5, 5.41) is 6.18. The van der Waals surface area contributed by atoms with E-state index in [0.717, 1.165) is 16.7 Å². The van der Waals surface area contributed by atoms with Crippen molar-refractivity contribution in [2.45, 2.75) is 19.3 Å². The molecule has 6 aromatic carbocycles. The maximum atomic E-state index is 5.16. The van der Waals surface area contributed by atoms with Gasteiger partial charge in [-0.2, -0.15) is 0 Å². The predicted octanol–water partition coefficient (Wildman–Crippen LogP) is 9.92. The van der Waals surface area contributed by atoms with Gasteiger partial charge in [0.15, 0.2) is 0 Å². The summed E-state index contributed by atoms with van der Waals surface area (Å²) in [7, 11) is 0. The molecule has 0 fully saturated rings. The number of rotatable bonds is 1. The van der Waals surface area contributed by atoms with E-state index in [9.17, 15) is 0 Å². The molecule has 0 atom stereocenters. The van der Waals surface area contributed by atoms with Crippen LogP contribution in [0.3, 0.4) is 0 Å². The lowest BCUT2D eigenvalue weighted by Crippen LogP contribution is -2.14. The minimum atomic E-state index is -0.0215. The fourth-order valence-corrected chi connectivity index (χ4v) is 7.18. The smallest absolute Gasteiger partial charge is 0.147 e. The van der Waals surface area contributed by atoms with Gasteiger partial charge in [0, 0.05) is 16.2 Å². The second-order valence-corrected chi connectivity index (χ2v) is 11.6. The topological polar surface area (TPSA) is 17.3 Å². The van der Waals surface area contributed by atoms with Gasteiger partial charge in [-0.25, -0.2) is 4.98 Å². The van der Waals surface area contributed by atoms with Gasteiger partial charge in [0.05, 0.1) is 16.6 Å². The van der Waals surface area contributed by atoms with E-state index in [-0.39, 0.29) is 5.41 Å². The second kappa shape index (κ2) is 7.58. The molecule has 2 aromatic heterocycles. The van der Waals surface area contributed by atoms with Crippen LogP contribution in [-0.4, -0.2) is 9.38 Å². The van der Waals surface area contributed by atoms with Crippen LogP contribution in [0.15, 0.2) is 121 Å². The first kappa shape index (κ1) is 21.9. The Bertz CT molecular complexity index is 2350. The van der Waals surface area contributed by atoms with E-state index >= 15 is 0 Å². The zero-order valence-corrected chi connectivity index (χ0v) is 22.4. The zero-order valence-electron chi connectivity index (χ0n) is 22.4. The van der Waals surface area contributed by atoms with Crippen LogP contribution < -0.4 is 0 Å². The van der Waals surface area contributed by atoms with E-state index in [1.807, 2.05) is 0 Å². The molecule has 0 spiro atoms. The quantitative estimate of drug-likeness (QED) is 0.201. The number of fused-ring (bicyclic) bond motifs is 13. The highest BCUT2D eigenvalue weighted by Gasteiger charge is 2.35. The molecule has 0 unspecified atom stereocenters. The van der Waals surface area contributed by atoms with Crippen molar-refractivity contribution in [2.75, 3.05) is 0 Å². The molecule has 9 rings (SSSR count). The Hall–Kier alpha value is -4.95. The number of imidazole rings is 1. The van der Waals surface area contributed by atoms with Gasteiger partial charge in [0.25, 0.3) is 0 Å². The van der Waals surface area contributed by atoms with Crippen LogP contribution in [0.1, 0.15) is 25.0 Å². The fraction of sp³-hybridized carbons (Fsp3) is 0.0789. The lowest BCUT2D eigenvalue weighted by Gasteiger charge is -2.22. The maximum absolute atomic E-state index is 5.16. The Morgan fingerprint density at radius 1 is 0.550 bits per heavy atom. The zero-order chi connectivity index (χ0) is 26.6. The highest BCUT2D eigenvalue weighted by Crippen LogP contribution is 2.49. The summed E-state index contributed by atoms with van der Waals surface area (Å²) in [6, 6.07) is 44.5. The molecule has 8 aromatic rings. The molecule has 0 radical (unpaired) electrons. The van der Waals surface area contributed by atoms with Gasteiger partial charge in [0.2, 0.25) is 0 Å². The molecule has 0 N–H and O–H groups in total. The molecule has 2 heterocycles. The predicted molar refractivity (Wildman–Crippen MR) is 168 cm³/mol. The van der Waals surface area contributed by atoms with Gasteiger partial charge in [-0.15, -0.1) is 0 Å². The number of hydrogen-bond acceptors (Lipinski definition) is 1. The molecule has 1 aliphatic rings. The van der Waals surface area contributed by atoms with Crippen molar-refractivity contribution < 1.29 is 0 Å². The van der Waals surface area contributed by atoms with Crippen molar-refractivity contribution in [1.29, 1.82) is 0 Å². The third-order valence-corrected chi connectivity index (χ3v) is 9.16. The molecule has 0 bridgehead atoms. The van der Waals surface area contributed by atoms with E-state index in [2.05, 4.69) is 140 Å². The number of nitrogens with zero attached hydrogens (tertiary/aromatic N) is 2. The van der Waals surface area contributed by atoms with Crippen LogP contribution in [0.4, 0.5) is 0 Å². The van der Waals surface area contributed by atoms with Crippen LogP contribution in [0, 0.1) is 0 Å². The Morgan fingerprint density at radius 2 is 1.30 bits per heavy atom. The third kappa shape index (κ3) is 2.75. The Kier molecular flexibility index (Phi) is 4.15. The molecule has 0 saturated carbocycles. The van der Waals surface area contributed by atoms with E-state index in [1.54, 1.807) is 0 Å². The summed E-state index contributed by atoms with van der Waals surface area (Å²) in [6.45, 7) is 4.70. The highest BCUT2D eigenvalue weighted by molar-refractivity contribution is 6.23. The first-order valence-corrected chi connectivity index (χ1v) is 14.0. The van der Waals surface area contributed by atoms with Gasteiger partial charge in [0.1, 0.15) is 5.65 Å². The van der Waals surface area contributed by atoms with Gasteiger partial charge >= 0.3 is 0 Å². The second-order valence-electron chi connectivity index (χ2n) is 11.6. The molecule has 2 nitrogen and oxygen atoms in total. The van der Waals surface area contributed by atoms with Crippen LogP contribution >= 0.6 is 0 Å². The van der Waals surface area contributed by atoms with Gasteiger partial charge < -0.3 is 0 Å². The van der Waals surface area contributed by atoms with E-state index in [0.29, 0.717) is 0 Å². The minimum absolute atomic E-state index is 0.0215. The van der Waals surface area contributed by atoms with Gasteiger partial charge in [-0.05, 0) is 79.9 Å². The number of aromatic nitrogens is 2. The molecular formula is C38H26N2. The molecular weight excluding hydrogens is 484 g/mol. The Morgan fingerprint density at radius 3 is 2.25 bits per heavy atom. The van der Waals surface area contributed by atoms with Gasteiger partial charge in [-0.1, -0.05) is 105 Å². The summed E-state index contributed by atoms with van der Waals surface area (Å²) < 4.78 is 2.35. The number of benzene rings is 6. The number of para-hydroxylation sites is 2. The average molecular weight is 511 g/mol. The molecule has 1 aliphatic carbocycles. The van der Waals surface area contributed by atoms with E-state index in [4.69, 9.17) is 4.98 Å². The van der Waals surface area contributed by atoms with Crippen LogP contribution in [0.25, 0.3) is 71.4 Å². The standard InChI is InChI=1S/C38H26N2/c1-38(2)31-12-6-5-11-27(31)28-18-16-25(22-32(28)38)24-17-20-34-30(21-24)29-19-15-23-9-3-4-10-26(23)36(29)37-39-33-13-7-8-14-35(33)40(34)37/h3-22H,1-2H3. The lowest BCUT2D eigenvalue weighted by molar-refractivity contribution is 0.660. The lowest BCUT2D eigenvalue weighted by atomic mass is 9.81. The molecule has 40 heavy (non-hydrogen) atoms. The normalized spacial score (nSPS) is 13.9. The van der Waals surface area contributed by atoms with Crippen LogP contribution in [0.5, 0.6) is 0 Å². The maximum Gasteiger partial charge on any atom is 0.147 e. The monoisotopic (exact) mass is 510 g/mol.